The van der Waals surface area contributed by atoms with Crippen LogP contribution in [-0.4, -0.2) is 14.3 Å². The summed E-state index contributed by atoms with van der Waals surface area (Å²) in [6, 6.07) is 17.0. The third-order valence-corrected chi connectivity index (χ3v) is 5.41. The first kappa shape index (κ1) is 17.6. The van der Waals surface area contributed by atoms with Crippen molar-refractivity contribution in [2.24, 2.45) is 0 Å². The standard InChI is InChI=1S/C19H15FN2O3S/c20-14-5-1-4-13(10-14)19(23)22-16-7-3-9-18(12-16)26(24,25)17-8-2-6-15(21)11-17/h1-12H,21H2,(H,22,23). The van der Waals surface area contributed by atoms with Gasteiger partial charge in [0, 0.05) is 16.9 Å². The Balaban J connectivity index is 1.90. The smallest absolute Gasteiger partial charge is 0.255 e. The number of amides is 1. The van der Waals surface area contributed by atoms with Gasteiger partial charge in [0.05, 0.1) is 9.79 Å². The molecule has 5 nitrogen and oxygen atoms in total. The van der Waals surface area contributed by atoms with Gasteiger partial charge in [0.2, 0.25) is 9.84 Å². The van der Waals surface area contributed by atoms with E-state index in [4.69, 9.17) is 5.73 Å². The molecule has 0 saturated carbocycles. The number of nitrogen functional groups attached to an aromatic ring is 1. The molecule has 3 N–H and O–H groups in total. The van der Waals surface area contributed by atoms with Gasteiger partial charge in [0.1, 0.15) is 5.82 Å². The first-order valence-corrected chi connectivity index (χ1v) is 9.12. The Morgan fingerprint density at radius 3 is 2.23 bits per heavy atom. The second kappa shape index (κ2) is 6.97. The van der Waals surface area contributed by atoms with Crippen molar-refractivity contribution in [2.75, 3.05) is 11.1 Å². The largest absolute Gasteiger partial charge is 0.399 e. The molecular weight excluding hydrogens is 355 g/mol. The molecule has 0 bridgehead atoms. The van der Waals surface area contributed by atoms with Crippen molar-refractivity contribution in [3.8, 4) is 0 Å². The quantitative estimate of drug-likeness (QED) is 0.688. The van der Waals surface area contributed by atoms with Crippen LogP contribution in [0.15, 0.2) is 82.6 Å². The number of nitrogens with one attached hydrogen (secondary N) is 1. The summed E-state index contributed by atoms with van der Waals surface area (Å²) in [4.78, 5) is 12.3. The molecule has 0 aromatic heterocycles. The van der Waals surface area contributed by atoms with E-state index in [0.717, 1.165) is 6.07 Å². The van der Waals surface area contributed by atoms with Crippen LogP contribution in [0.1, 0.15) is 10.4 Å². The minimum Gasteiger partial charge on any atom is -0.399 e. The number of hydrogen-bond acceptors (Lipinski definition) is 4. The van der Waals surface area contributed by atoms with E-state index in [0.29, 0.717) is 5.69 Å². The molecule has 0 fully saturated rings. The molecular formula is C19H15FN2O3S. The predicted molar refractivity (Wildman–Crippen MR) is 97.1 cm³/mol. The molecule has 3 rings (SSSR count). The van der Waals surface area contributed by atoms with Gasteiger partial charge < -0.3 is 11.1 Å². The maximum atomic E-state index is 13.2. The van der Waals surface area contributed by atoms with Crippen LogP contribution in [0.5, 0.6) is 0 Å². The number of halogens is 1. The number of anilines is 2. The first-order valence-electron chi connectivity index (χ1n) is 7.64. The summed E-state index contributed by atoms with van der Waals surface area (Å²) in [6.07, 6.45) is 0. The molecule has 0 heterocycles. The number of nitrogens with two attached hydrogens (primary N) is 1. The normalized spacial score (nSPS) is 11.1. The minimum atomic E-state index is -3.78. The van der Waals surface area contributed by atoms with Crippen LogP contribution in [0.3, 0.4) is 0 Å². The monoisotopic (exact) mass is 370 g/mol. The highest BCUT2D eigenvalue weighted by atomic mass is 32.2. The molecule has 0 unspecified atom stereocenters. The maximum absolute atomic E-state index is 13.2. The van der Waals surface area contributed by atoms with Crippen LogP contribution in [0.4, 0.5) is 15.8 Å². The third kappa shape index (κ3) is 3.73. The molecule has 3 aromatic carbocycles. The fraction of sp³-hybridized carbons (Fsp3) is 0. The van der Waals surface area contributed by atoms with E-state index in [2.05, 4.69) is 5.32 Å². The Labute approximate surface area is 150 Å². The molecule has 0 aliphatic heterocycles. The molecule has 0 aliphatic rings. The van der Waals surface area contributed by atoms with Crippen LogP contribution in [0, 0.1) is 5.82 Å². The molecule has 7 heteroatoms. The zero-order chi connectivity index (χ0) is 18.7. The van der Waals surface area contributed by atoms with Gasteiger partial charge in [-0.25, -0.2) is 12.8 Å². The molecule has 0 spiro atoms. The highest BCUT2D eigenvalue weighted by Gasteiger charge is 2.18. The van der Waals surface area contributed by atoms with E-state index in [-0.39, 0.29) is 21.0 Å². The van der Waals surface area contributed by atoms with Gasteiger partial charge in [-0.1, -0.05) is 18.2 Å². The van der Waals surface area contributed by atoms with E-state index < -0.39 is 21.6 Å². The van der Waals surface area contributed by atoms with E-state index in [9.17, 15) is 17.6 Å². The zero-order valence-electron chi connectivity index (χ0n) is 13.5. The first-order chi connectivity index (χ1) is 12.4. The lowest BCUT2D eigenvalue weighted by Gasteiger charge is -2.09. The van der Waals surface area contributed by atoms with E-state index in [1.165, 1.54) is 48.5 Å². The maximum Gasteiger partial charge on any atom is 0.255 e. The van der Waals surface area contributed by atoms with Crippen LogP contribution in [-0.2, 0) is 9.84 Å². The zero-order valence-corrected chi connectivity index (χ0v) is 14.3. The SMILES string of the molecule is Nc1cccc(S(=O)(=O)c2cccc(NC(=O)c3cccc(F)c3)c2)c1. The minimum absolute atomic E-state index is 0.0140. The van der Waals surface area contributed by atoms with Crippen molar-refractivity contribution in [3.05, 3.63) is 84.2 Å². The van der Waals surface area contributed by atoms with Crippen LogP contribution in [0.2, 0.25) is 0 Å². The molecule has 132 valence electrons. The Morgan fingerprint density at radius 1 is 0.885 bits per heavy atom. The number of sulfone groups is 1. The molecule has 0 aliphatic carbocycles. The summed E-state index contributed by atoms with van der Waals surface area (Å²) in [7, 11) is -3.78. The fourth-order valence-corrected chi connectivity index (χ4v) is 3.75. The van der Waals surface area contributed by atoms with Gasteiger partial charge in [-0.05, 0) is 54.6 Å². The van der Waals surface area contributed by atoms with Gasteiger partial charge in [0.15, 0.2) is 0 Å². The molecule has 3 aromatic rings. The topological polar surface area (TPSA) is 89.3 Å². The Hall–Kier alpha value is -3.19. The molecule has 0 atom stereocenters. The van der Waals surface area contributed by atoms with Gasteiger partial charge in [-0.3, -0.25) is 4.79 Å². The summed E-state index contributed by atoms with van der Waals surface area (Å²) in [6.45, 7) is 0. The number of carbonyl (C=O) groups is 1. The van der Waals surface area contributed by atoms with Crippen molar-refractivity contribution < 1.29 is 17.6 Å². The van der Waals surface area contributed by atoms with E-state index in [1.54, 1.807) is 18.2 Å². The summed E-state index contributed by atoms with van der Waals surface area (Å²) in [5.41, 5.74) is 6.40. The van der Waals surface area contributed by atoms with Gasteiger partial charge in [-0.2, -0.15) is 0 Å². The second-order valence-electron chi connectivity index (χ2n) is 5.57. The average Bonchev–Trinajstić information content (AvgIpc) is 2.62. The highest BCUT2D eigenvalue weighted by molar-refractivity contribution is 7.91. The number of benzene rings is 3. The average molecular weight is 370 g/mol. The molecule has 26 heavy (non-hydrogen) atoms. The van der Waals surface area contributed by atoms with E-state index >= 15 is 0 Å². The summed E-state index contributed by atoms with van der Waals surface area (Å²) >= 11 is 0. The summed E-state index contributed by atoms with van der Waals surface area (Å²) in [5, 5.41) is 2.57. The van der Waals surface area contributed by atoms with Crippen LogP contribution in [0.25, 0.3) is 0 Å². The predicted octanol–water partition coefficient (Wildman–Crippen LogP) is 3.49. The van der Waals surface area contributed by atoms with Gasteiger partial charge >= 0.3 is 0 Å². The molecule has 1 amide bonds. The van der Waals surface area contributed by atoms with Crippen molar-refractivity contribution in [1.82, 2.24) is 0 Å². The van der Waals surface area contributed by atoms with E-state index in [1.807, 2.05) is 0 Å². The van der Waals surface area contributed by atoms with Gasteiger partial charge in [-0.15, -0.1) is 0 Å². The lowest BCUT2D eigenvalue weighted by atomic mass is 10.2. The van der Waals surface area contributed by atoms with Gasteiger partial charge in [0.25, 0.3) is 5.91 Å². The summed E-state index contributed by atoms with van der Waals surface area (Å²) < 4.78 is 38.7. The fourth-order valence-electron chi connectivity index (χ4n) is 2.39. The van der Waals surface area contributed by atoms with Crippen molar-refractivity contribution >= 4 is 27.1 Å². The van der Waals surface area contributed by atoms with Crippen molar-refractivity contribution in [1.29, 1.82) is 0 Å². The lowest BCUT2D eigenvalue weighted by Crippen LogP contribution is -2.12. The number of carbonyl (C=O) groups excluding carboxylic acids is 1. The lowest BCUT2D eigenvalue weighted by molar-refractivity contribution is 0.102. The van der Waals surface area contributed by atoms with Crippen LogP contribution >= 0.6 is 0 Å². The third-order valence-electron chi connectivity index (χ3n) is 3.66. The Bertz CT molecular complexity index is 1080. The second-order valence-corrected chi connectivity index (χ2v) is 7.52. The molecule has 0 saturated heterocycles. The Morgan fingerprint density at radius 2 is 1.54 bits per heavy atom. The van der Waals surface area contributed by atoms with Crippen molar-refractivity contribution in [2.45, 2.75) is 9.79 Å². The molecule has 0 radical (unpaired) electrons. The van der Waals surface area contributed by atoms with Crippen molar-refractivity contribution in [3.63, 3.8) is 0 Å². The van der Waals surface area contributed by atoms with Crippen LogP contribution < -0.4 is 11.1 Å². The number of hydrogen-bond donors (Lipinski definition) is 2. The Kier molecular flexibility index (Phi) is 4.73. The highest BCUT2D eigenvalue weighted by Crippen LogP contribution is 2.24. The summed E-state index contributed by atoms with van der Waals surface area (Å²) in [5.74, 6) is -1.07. The number of rotatable bonds is 4.